The van der Waals surface area contributed by atoms with Gasteiger partial charge in [0, 0.05) is 10.3 Å². The van der Waals surface area contributed by atoms with Crippen LogP contribution in [-0.2, 0) is 10.8 Å². The number of allylic oxidation sites excluding steroid dienone is 2. The molecule has 3 heteroatoms. The van der Waals surface area contributed by atoms with E-state index in [1.54, 1.807) is 0 Å². The van der Waals surface area contributed by atoms with Crippen LogP contribution in [0.3, 0.4) is 0 Å². The second-order valence-corrected chi connectivity index (χ2v) is 11.8. The molecule has 0 aliphatic carbocycles. The van der Waals surface area contributed by atoms with E-state index in [0.29, 0.717) is 0 Å². The Morgan fingerprint density at radius 1 is 1.15 bits per heavy atom. The Kier molecular flexibility index (Phi) is 6.63. The highest BCUT2D eigenvalue weighted by atomic mass is 32.2. The summed E-state index contributed by atoms with van der Waals surface area (Å²) >= 11 is 0. The maximum absolute atomic E-state index is 12.5. The zero-order valence-electron chi connectivity index (χ0n) is 13.1. The van der Waals surface area contributed by atoms with E-state index in [-0.39, 0.29) is 0 Å². The molecular formula is C17H26OSSi. The number of rotatable bonds is 7. The lowest BCUT2D eigenvalue weighted by atomic mass is 10.2. The van der Waals surface area contributed by atoms with E-state index in [4.69, 9.17) is 0 Å². The fourth-order valence-electron chi connectivity index (χ4n) is 2.61. The van der Waals surface area contributed by atoms with Crippen molar-refractivity contribution in [2.45, 2.75) is 50.7 Å². The number of hydrogen-bond donors (Lipinski definition) is 0. The van der Waals surface area contributed by atoms with Crippen LogP contribution in [0.1, 0.15) is 26.3 Å². The summed E-state index contributed by atoms with van der Waals surface area (Å²) in [6.45, 7) is 12.8. The van der Waals surface area contributed by atoms with Gasteiger partial charge in [0.2, 0.25) is 0 Å². The summed E-state index contributed by atoms with van der Waals surface area (Å²) in [6.07, 6.45) is 1.94. The average Bonchev–Trinajstić information content (AvgIpc) is 2.48. The molecular weight excluding hydrogens is 280 g/mol. The highest BCUT2D eigenvalue weighted by Crippen LogP contribution is 2.30. The van der Waals surface area contributed by atoms with Gasteiger partial charge >= 0.3 is 0 Å². The molecule has 0 fully saturated rings. The predicted octanol–water partition coefficient (Wildman–Crippen LogP) is 5.22. The van der Waals surface area contributed by atoms with Crippen LogP contribution in [0.4, 0.5) is 0 Å². The third-order valence-corrected chi connectivity index (χ3v) is 11.4. The summed E-state index contributed by atoms with van der Waals surface area (Å²) in [4.78, 5) is 0.876. The van der Waals surface area contributed by atoms with Gasteiger partial charge in [-0.25, -0.2) is 4.21 Å². The number of aryl methyl sites for hydroxylation is 1. The van der Waals surface area contributed by atoms with Gasteiger partial charge in [0.05, 0.1) is 18.9 Å². The Morgan fingerprint density at radius 2 is 1.65 bits per heavy atom. The minimum atomic E-state index is -1.50. The lowest BCUT2D eigenvalue weighted by molar-refractivity contribution is 0.688. The summed E-state index contributed by atoms with van der Waals surface area (Å²) < 4.78 is 12.5. The molecule has 1 unspecified atom stereocenters. The van der Waals surface area contributed by atoms with Crippen LogP contribution in [0.5, 0.6) is 0 Å². The maximum Gasteiger partial charge on any atom is 0.0866 e. The van der Waals surface area contributed by atoms with Crippen LogP contribution in [0.2, 0.25) is 18.1 Å². The Labute approximate surface area is 127 Å². The first-order chi connectivity index (χ1) is 9.52. The fourth-order valence-corrected chi connectivity index (χ4v) is 7.95. The molecule has 0 saturated heterocycles. The summed E-state index contributed by atoms with van der Waals surface area (Å²) in [7, 11) is -2.57. The Hall–Kier alpha value is -0.933. The van der Waals surface area contributed by atoms with Gasteiger partial charge in [0.15, 0.2) is 0 Å². The molecule has 0 heterocycles. The molecule has 0 aromatic heterocycles. The molecule has 1 rings (SSSR count). The number of hydrogen-bond acceptors (Lipinski definition) is 1. The van der Waals surface area contributed by atoms with Gasteiger partial charge in [0.1, 0.15) is 0 Å². The number of benzene rings is 1. The summed E-state index contributed by atoms with van der Waals surface area (Å²) in [5.74, 6) is 0. The smallest absolute Gasteiger partial charge is 0.0866 e. The molecule has 0 aliphatic rings. The zero-order valence-corrected chi connectivity index (χ0v) is 14.9. The molecule has 0 amide bonds. The minimum Gasteiger partial charge on any atom is -0.250 e. The van der Waals surface area contributed by atoms with Crippen molar-refractivity contribution in [3.63, 3.8) is 0 Å². The van der Waals surface area contributed by atoms with Gasteiger partial charge in [-0.15, -0.1) is 0 Å². The molecule has 1 atom stereocenters. The first-order valence-electron chi connectivity index (χ1n) is 7.35. The van der Waals surface area contributed by atoms with E-state index in [1.807, 2.05) is 42.7 Å². The van der Waals surface area contributed by atoms with E-state index >= 15 is 0 Å². The van der Waals surface area contributed by atoms with E-state index < -0.39 is 18.9 Å². The van der Waals surface area contributed by atoms with Gasteiger partial charge in [-0.1, -0.05) is 74.5 Å². The summed E-state index contributed by atoms with van der Waals surface area (Å²) in [5, 5.41) is 3.20. The van der Waals surface area contributed by atoms with Gasteiger partial charge in [-0.2, -0.15) is 0 Å². The first-order valence-corrected chi connectivity index (χ1v) is 11.2. The maximum atomic E-state index is 12.5. The SMILES string of the molecule is C=C/C(=C\S(=O)c1ccc(C)cc1)[Si](CC)(CC)CC. The molecule has 0 radical (unpaired) electrons. The van der Waals surface area contributed by atoms with Crippen molar-refractivity contribution in [3.05, 3.63) is 53.1 Å². The molecule has 110 valence electrons. The van der Waals surface area contributed by atoms with Crippen molar-refractivity contribution in [2.24, 2.45) is 0 Å². The van der Waals surface area contributed by atoms with Crippen LogP contribution in [0.25, 0.3) is 0 Å². The molecule has 0 aliphatic heterocycles. The van der Waals surface area contributed by atoms with Gasteiger partial charge in [-0.05, 0) is 19.1 Å². The third-order valence-electron chi connectivity index (χ3n) is 4.35. The lowest BCUT2D eigenvalue weighted by Gasteiger charge is -2.29. The molecule has 1 nitrogen and oxygen atoms in total. The second-order valence-electron chi connectivity index (χ2n) is 5.23. The molecule has 0 N–H and O–H groups in total. The Balaban J connectivity index is 3.13. The topological polar surface area (TPSA) is 17.1 Å². The molecule has 20 heavy (non-hydrogen) atoms. The van der Waals surface area contributed by atoms with Crippen molar-refractivity contribution < 1.29 is 4.21 Å². The van der Waals surface area contributed by atoms with Crippen molar-refractivity contribution in [1.82, 2.24) is 0 Å². The highest BCUT2D eigenvalue weighted by Gasteiger charge is 2.30. The lowest BCUT2D eigenvalue weighted by Crippen LogP contribution is -2.34. The van der Waals surface area contributed by atoms with Gasteiger partial charge in [0.25, 0.3) is 0 Å². The van der Waals surface area contributed by atoms with Crippen molar-refractivity contribution in [3.8, 4) is 0 Å². The summed E-state index contributed by atoms with van der Waals surface area (Å²) in [6, 6.07) is 11.5. The minimum absolute atomic E-state index is 0.876. The highest BCUT2D eigenvalue weighted by molar-refractivity contribution is 7.88. The van der Waals surface area contributed by atoms with E-state index in [1.165, 1.54) is 28.9 Å². The van der Waals surface area contributed by atoms with Crippen molar-refractivity contribution in [2.75, 3.05) is 0 Å². The normalized spacial score (nSPS) is 14.1. The molecule has 1 aromatic rings. The largest absolute Gasteiger partial charge is 0.250 e. The second kappa shape index (κ2) is 7.74. The Bertz CT molecular complexity index is 490. The van der Waals surface area contributed by atoms with E-state index in [2.05, 4.69) is 27.4 Å². The molecule has 0 spiro atoms. The van der Waals surface area contributed by atoms with Crippen LogP contribution >= 0.6 is 0 Å². The third kappa shape index (κ3) is 3.80. The fraction of sp³-hybridized carbons (Fsp3) is 0.412. The molecule has 0 bridgehead atoms. The van der Waals surface area contributed by atoms with Crippen molar-refractivity contribution >= 4 is 18.9 Å². The van der Waals surface area contributed by atoms with E-state index in [0.717, 1.165) is 4.90 Å². The van der Waals surface area contributed by atoms with Gasteiger partial charge < -0.3 is 0 Å². The monoisotopic (exact) mass is 306 g/mol. The van der Waals surface area contributed by atoms with Gasteiger partial charge in [-0.3, -0.25) is 0 Å². The standard InChI is InChI=1S/C17H26OSSi/c1-6-17(20(7-2,8-3)9-4)14-19(18)16-12-10-15(5)11-13-16/h6,10-14H,1,7-9H2,2-5H3/b17-14+. The average molecular weight is 307 g/mol. The molecule has 1 aromatic carbocycles. The molecule has 0 saturated carbocycles. The summed E-state index contributed by atoms with van der Waals surface area (Å²) in [5.41, 5.74) is 1.19. The van der Waals surface area contributed by atoms with E-state index in [9.17, 15) is 4.21 Å². The zero-order chi connectivity index (χ0) is 15.2. The van der Waals surface area contributed by atoms with Crippen LogP contribution in [0.15, 0.2) is 52.4 Å². The predicted molar refractivity (Wildman–Crippen MR) is 93.1 cm³/mol. The first kappa shape index (κ1) is 17.1. The van der Waals surface area contributed by atoms with Crippen LogP contribution in [-0.4, -0.2) is 12.3 Å². The van der Waals surface area contributed by atoms with Crippen LogP contribution < -0.4 is 0 Å². The van der Waals surface area contributed by atoms with Crippen molar-refractivity contribution in [1.29, 1.82) is 0 Å². The van der Waals surface area contributed by atoms with Crippen LogP contribution in [0, 0.1) is 6.92 Å². The Morgan fingerprint density at radius 3 is 2.05 bits per heavy atom. The quantitative estimate of drug-likeness (QED) is 0.498.